The van der Waals surface area contributed by atoms with Crippen molar-refractivity contribution in [2.45, 2.75) is 38.8 Å². The van der Waals surface area contributed by atoms with Crippen LogP contribution in [0.4, 0.5) is 10.5 Å². The average molecular weight is 415 g/mol. The van der Waals surface area contributed by atoms with Gasteiger partial charge in [-0.1, -0.05) is 42.5 Å². The van der Waals surface area contributed by atoms with Crippen LogP contribution in [0.25, 0.3) is 0 Å². The van der Waals surface area contributed by atoms with Gasteiger partial charge in [-0.2, -0.15) is 0 Å². The van der Waals surface area contributed by atoms with Gasteiger partial charge in [-0.25, -0.2) is 4.79 Å². The summed E-state index contributed by atoms with van der Waals surface area (Å²) >= 11 is 4.98. The van der Waals surface area contributed by atoms with Gasteiger partial charge >= 0.3 is 6.09 Å². The zero-order valence-electron chi connectivity index (χ0n) is 16.4. The van der Waals surface area contributed by atoms with E-state index in [1.165, 1.54) is 0 Å². The van der Waals surface area contributed by atoms with Crippen LogP contribution in [0.3, 0.4) is 0 Å². The Hall–Kier alpha value is -3.00. The number of hydrogen-bond acceptors (Lipinski definition) is 5. The monoisotopic (exact) mass is 414 g/mol. The quantitative estimate of drug-likeness (QED) is 0.408. The van der Waals surface area contributed by atoms with Crippen LogP contribution in [0.5, 0.6) is 0 Å². The van der Waals surface area contributed by atoms with Crippen LogP contribution in [-0.4, -0.2) is 34.6 Å². The third kappa shape index (κ3) is 9.16. The number of pyridine rings is 1. The van der Waals surface area contributed by atoms with E-state index in [1.54, 1.807) is 24.5 Å². The van der Waals surface area contributed by atoms with Crippen molar-refractivity contribution in [3.8, 4) is 0 Å². The Labute approximate surface area is 176 Å². The topological polar surface area (TPSA) is 92.4 Å². The Morgan fingerprint density at radius 2 is 1.93 bits per heavy atom. The normalized spacial score (nSPS) is 11.2. The third-order valence-electron chi connectivity index (χ3n) is 4.04. The fraction of sp³-hybridized carbons (Fsp3) is 0.333. The second-order valence-corrected chi connectivity index (χ2v) is 7.08. The van der Waals surface area contributed by atoms with E-state index in [2.05, 4.69) is 20.9 Å². The Bertz CT molecular complexity index is 787. The number of aromatic nitrogens is 1. The van der Waals surface area contributed by atoms with Crippen molar-refractivity contribution >= 4 is 34.9 Å². The number of amides is 2. The van der Waals surface area contributed by atoms with E-state index in [0.29, 0.717) is 12.1 Å². The Kier molecular flexibility index (Phi) is 9.57. The largest absolute Gasteiger partial charge is 0.445 e. The zero-order chi connectivity index (χ0) is 20.9. The number of carbonyl (C=O) groups excluding carboxylic acids is 2. The number of carbonyl (C=O) groups is 2. The lowest BCUT2D eigenvalue weighted by Crippen LogP contribution is -2.44. The summed E-state index contributed by atoms with van der Waals surface area (Å²) in [6, 6.07) is 12.1. The van der Waals surface area contributed by atoms with Crippen LogP contribution >= 0.6 is 12.2 Å². The lowest BCUT2D eigenvalue weighted by molar-refractivity contribution is -0.118. The second kappa shape index (κ2) is 12.5. The van der Waals surface area contributed by atoms with E-state index >= 15 is 0 Å². The molecule has 0 fully saturated rings. The minimum Gasteiger partial charge on any atom is -0.445 e. The molecule has 0 spiro atoms. The van der Waals surface area contributed by atoms with Crippen LogP contribution in [0.2, 0.25) is 0 Å². The molecule has 0 radical (unpaired) electrons. The molecule has 1 atom stereocenters. The van der Waals surface area contributed by atoms with Crippen LogP contribution < -0.4 is 16.0 Å². The van der Waals surface area contributed by atoms with Gasteiger partial charge in [0.2, 0.25) is 5.91 Å². The van der Waals surface area contributed by atoms with E-state index in [4.69, 9.17) is 17.0 Å². The molecular formula is C21H26N4O3S. The number of ether oxygens (including phenoxy) is 1. The molecular weight excluding hydrogens is 388 g/mol. The van der Waals surface area contributed by atoms with E-state index in [9.17, 15) is 9.59 Å². The highest BCUT2D eigenvalue weighted by Crippen LogP contribution is 2.08. The number of thiocarbonyl (C=S) groups is 1. The van der Waals surface area contributed by atoms with Gasteiger partial charge in [-0.15, -0.1) is 0 Å². The molecule has 0 aliphatic rings. The minimum atomic E-state index is -0.716. The van der Waals surface area contributed by atoms with Crippen molar-refractivity contribution in [1.82, 2.24) is 15.6 Å². The standard InChI is InChI=1S/C21H26N4O3S/c1-16(29)23-13-6-5-11-19(20(26)24-18-10-7-12-22-14-18)25-21(27)28-15-17-8-3-2-4-9-17/h2-4,7-10,12,14,19H,5-6,11,13,15H2,1H3,(H,23,29)(H,24,26)(H,25,27)/t19-/m0/s1. The highest BCUT2D eigenvalue weighted by atomic mass is 32.1. The van der Waals surface area contributed by atoms with Gasteiger partial charge in [0.25, 0.3) is 0 Å². The maximum absolute atomic E-state index is 12.6. The molecule has 0 aliphatic heterocycles. The summed E-state index contributed by atoms with van der Waals surface area (Å²) in [6.07, 6.45) is 4.58. The van der Waals surface area contributed by atoms with Gasteiger partial charge in [0.1, 0.15) is 12.6 Å². The van der Waals surface area contributed by atoms with Crippen LogP contribution in [0.1, 0.15) is 31.7 Å². The van der Waals surface area contributed by atoms with E-state index in [0.717, 1.165) is 29.9 Å². The SMILES string of the molecule is CC(=S)NCCCC[C@H](NC(=O)OCc1ccccc1)C(=O)Nc1cccnc1. The number of hydrogen-bond donors (Lipinski definition) is 3. The first-order valence-corrected chi connectivity index (χ1v) is 9.88. The molecule has 0 unspecified atom stereocenters. The average Bonchev–Trinajstić information content (AvgIpc) is 2.72. The first-order valence-electron chi connectivity index (χ1n) is 9.47. The number of nitrogens with zero attached hydrogens (tertiary/aromatic N) is 1. The molecule has 3 N–H and O–H groups in total. The summed E-state index contributed by atoms with van der Waals surface area (Å²) in [6.45, 7) is 2.69. The molecule has 154 valence electrons. The number of nitrogens with one attached hydrogen (secondary N) is 3. The van der Waals surface area contributed by atoms with Gasteiger partial charge < -0.3 is 20.7 Å². The number of unbranched alkanes of at least 4 members (excludes halogenated alkanes) is 1. The number of rotatable bonds is 10. The summed E-state index contributed by atoms with van der Waals surface area (Å²) in [5.74, 6) is -0.311. The molecule has 2 amide bonds. The lowest BCUT2D eigenvalue weighted by Gasteiger charge is -2.18. The van der Waals surface area contributed by atoms with Crippen molar-refractivity contribution in [2.24, 2.45) is 0 Å². The van der Waals surface area contributed by atoms with Gasteiger partial charge in [-0.05, 0) is 43.9 Å². The maximum Gasteiger partial charge on any atom is 0.408 e. The van der Waals surface area contributed by atoms with Gasteiger partial charge in [0.15, 0.2) is 0 Å². The summed E-state index contributed by atoms with van der Waals surface area (Å²) in [4.78, 5) is 29.6. The predicted molar refractivity (Wildman–Crippen MR) is 117 cm³/mol. The number of alkyl carbamates (subject to hydrolysis) is 1. The minimum absolute atomic E-state index is 0.140. The summed E-state index contributed by atoms with van der Waals surface area (Å²) < 4.78 is 5.25. The van der Waals surface area contributed by atoms with Gasteiger partial charge in [0, 0.05) is 12.7 Å². The Morgan fingerprint density at radius 1 is 1.14 bits per heavy atom. The van der Waals surface area contributed by atoms with E-state index < -0.39 is 12.1 Å². The van der Waals surface area contributed by atoms with Crippen LogP contribution in [0, 0.1) is 0 Å². The van der Waals surface area contributed by atoms with Crippen molar-refractivity contribution < 1.29 is 14.3 Å². The number of benzene rings is 1. The molecule has 1 aromatic heterocycles. The molecule has 0 aliphatic carbocycles. The third-order valence-corrected chi connectivity index (χ3v) is 4.19. The molecule has 0 bridgehead atoms. The molecule has 1 aromatic carbocycles. The molecule has 2 rings (SSSR count). The fourth-order valence-corrected chi connectivity index (χ4v) is 2.68. The van der Waals surface area contributed by atoms with E-state index in [-0.39, 0.29) is 12.5 Å². The molecule has 1 heterocycles. The maximum atomic E-state index is 12.6. The highest BCUT2D eigenvalue weighted by Gasteiger charge is 2.21. The van der Waals surface area contributed by atoms with Crippen LogP contribution in [-0.2, 0) is 16.1 Å². The summed E-state index contributed by atoms with van der Waals surface area (Å²) in [5.41, 5.74) is 1.44. The lowest BCUT2D eigenvalue weighted by atomic mass is 10.1. The van der Waals surface area contributed by atoms with Crippen molar-refractivity contribution in [1.29, 1.82) is 0 Å². The van der Waals surface area contributed by atoms with Crippen molar-refractivity contribution in [3.05, 3.63) is 60.4 Å². The van der Waals surface area contributed by atoms with Crippen molar-refractivity contribution in [3.63, 3.8) is 0 Å². The molecule has 2 aromatic rings. The van der Waals surface area contributed by atoms with Gasteiger partial charge in [-0.3, -0.25) is 9.78 Å². The van der Waals surface area contributed by atoms with Gasteiger partial charge in [0.05, 0.1) is 16.9 Å². The molecule has 8 heteroatoms. The zero-order valence-corrected chi connectivity index (χ0v) is 17.2. The first kappa shape index (κ1) is 22.3. The molecule has 29 heavy (non-hydrogen) atoms. The Balaban J connectivity index is 1.88. The molecule has 7 nitrogen and oxygen atoms in total. The fourth-order valence-electron chi connectivity index (χ4n) is 2.58. The number of anilines is 1. The highest BCUT2D eigenvalue weighted by molar-refractivity contribution is 7.80. The van der Waals surface area contributed by atoms with E-state index in [1.807, 2.05) is 37.3 Å². The van der Waals surface area contributed by atoms with Crippen LogP contribution in [0.15, 0.2) is 54.9 Å². The first-order chi connectivity index (χ1) is 14.0. The second-order valence-electron chi connectivity index (χ2n) is 6.47. The predicted octanol–water partition coefficient (Wildman–Crippen LogP) is 3.42. The molecule has 0 saturated heterocycles. The van der Waals surface area contributed by atoms with Crippen molar-refractivity contribution in [2.75, 3.05) is 11.9 Å². The summed E-state index contributed by atoms with van der Waals surface area (Å²) in [5, 5.41) is 8.52. The Morgan fingerprint density at radius 3 is 2.62 bits per heavy atom. The molecule has 0 saturated carbocycles. The smallest absolute Gasteiger partial charge is 0.408 e. The summed E-state index contributed by atoms with van der Waals surface area (Å²) in [7, 11) is 0.